The summed E-state index contributed by atoms with van der Waals surface area (Å²) < 4.78 is 1.84. The van der Waals surface area contributed by atoms with E-state index in [0.717, 1.165) is 5.56 Å². The number of carbonyl (C=O) groups excluding carboxylic acids is 1. The Labute approximate surface area is 158 Å². The summed E-state index contributed by atoms with van der Waals surface area (Å²) in [6.07, 6.45) is 3.39. The Morgan fingerprint density at radius 1 is 1.16 bits per heavy atom. The molecule has 3 rings (SSSR count). The molecule has 1 N–H and O–H groups in total. The van der Waals surface area contributed by atoms with Crippen LogP contribution in [0, 0.1) is 0 Å². The largest absolute Gasteiger partial charge is 0.325 e. The first-order valence-electron chi connectivity index (χ1n) is 7.21. The number of anilines is 1. The Morgan fingerprint density at radius 3 is 2.52 bits per heavy atom. The second-order valence-electron chi connectivity index (χ2n) is 5.10. The molecule has 1 amide bonds. The summed E-state index contributed by atoms with van der Waals surface area (Å²) in [5.41, 5.74) is 1.47. The first kappa shape index (κ1) is 17.7. The van der Waals surface area contributed by atoms with E-state index >= 15 is 0 Å². The number of nitrogens with one attached hydrogen (secondary N) is 1. The molecule has 9 heteroatoms. The lowest BCUT2D eigenvalue weighted by atomic mass is 10.2. The number of benzene rings is 1. The van der Waals surface area contributed by atoms with Crippen molar-refractivity contribution in [2.24, 2.45) is 7.05 Å². The summed E-state index contributed by atoms with van der Waals surface area (Å²) in [5, 5.41) is 12.6. The molecule has 1 aromatic carbocycles. The standard InChI is InChI=1S/C16H13Cl2N5OS/c1-23-15(10-2-4-19-5-3-10)21-22-16(23)25-9-14(24)20-13-7-11(17)6-12(18)8-13/h2-8H,9H2,1H3,(H,20,24). The Kier molecular flexibility index (Phi) is 5.57. The number of thioether (sulfide) groups is 1. The van der Waals surface area contributed by atoms with Gasteiger partial charge in [0.05, 0.1) is 5.75 Å². The maximum Gasteiger partial charge on any atom is 0.234 e. The van der Waals surface area contributed by atoms with Crippen LogP contribution in [-0.4, -0.2) is 31.4 Å². The van der Waals surface area contributed by atoms with Crippen LogP contribution < -0.4 is 5.32 Å². The van der Waals surface area contributed by atoms with Crippen LogP contribution >= 0.6 is 35.0 Å². The van der Waals surface area contributed by atoms with Crippen LogP contribution in [0.5, 0.6) is 0 Å². The predicted molar refractivity (Wildman–Crippen MR) is 100 cm³/mol. The third-order valence-electron chi connectivity index (χ3n) is 3.25. The van der Waals surface area contributed by atoms with Gasteiger partial charge in [0.1, 0.15) is 0 Å². The zero-order valence-corrected chi connectivity index (χ0v) is 15.4. The first-order valence-corrected chi connectivity index (χ1v) is 8.95. The highest BCUT2D eigenvalue weighted by atomic mass is 35.5. The van der Waals surface area contributed by atoms with Gasteiger partial charge in [0.25, 0.3) is 0 Å². The molecule has 128 valence electrons. The number of rotatable bonds is 5. The second-order valence-corrected chi connectivity index (χ2v) is 6.91. The SMILES string of the molecule is Cn1c(SCC(=O)Nc2cc(Cl)cc(Cl)c2)nnc1-c1ccncc1. The summed E-state index contributed by atoms with van der Waals surface area (Å²) in [4.78, 5) is 16.1. The number of hydrogen-bond acceptors (Lipinski definition) is 5. The van der Waals surface area contributed by atoms with Crippen LogP contribution in [0.1, 0.15) is 0 Å². The van der Waals surface area contributed by atoms with E-state index in [4.69, 9.17) is 23.2 Å². The molecule has 25 heavy (non-hydrogen) atoms. The van der Waals surface area contributed by atoms with Gasteiger partial charge in [0, 0.05) is 40.7 Å². The molecule has 0 radical (unpaired) electrons. The minimum absolute atomic E-state index is 0.184. The minimum atomic E-state index is -0.184. The van der Waals surface area contributed by atoms with Crippen molar-refractivity contribution in [3.05, 3.63) is 52.8 Å². The van der Waals surface area contributed by atoms with Crippen molar-refractivity contribution < 1.29 is 4.79 Å². The Hall–Kier alpha value is -2.09. The van der Waals surface area contributed by atoms with Crippen LogP contribution in [0.25, 0.3) is 11.4 Å². The lowest BCUT2D eigenvalue weighted by molar-refractivity contribution is -0.113. The van der Waals surface area contributed by atoms with E-state index in [2.05, 4.69) is 20.5 Å². The normalized spacial score (nSPS) is 10.7. The summed E-state index contributed by atoms with van der Waals surface area (Å²) in [6.45, 7) is 0. The van der Waals surface area contributed by atoms with Crippen LogP contribution in [0.2, 0.25) is 10.0 Å². The molecule has 0 bridgehead atoms. The average Bonchev–Trinajstić information content (AvgIpc) is 2.93. The van der Waals surface area contributed by atoms with Crippen molar-refractivity contribution in [2.45, 2.75) is 5.16 Å². The lowest BCUT2D eigenvalue weighted by Gasteiger charge is -2.06. The predicted octanol–water partition coefficient (Wildman–Crippen LogP) is 3.91. The number of pyridine rings is 1. The fraction of sp³-hybridized carbons (Fsp3) is 0.125. The monoisotopic (exact) mass is 393 g/mol. The van der Waals surface area contributed by atoms with E-state index in [9.17, 15) is 4.79 Å². The van der Waals surface area contributed by atoms with Crippen molar-refractivity contribution in [3.8, 4) is 11.4 Å². The smallest absolute Gasteiger partial charge is 0.234 e. The molecule has 0 saturated heterocycles. The van der Waals surface area contributed by atoms with E-state index in [1.54, 1.807) is 30.6 Å². The van der Waals surface area contributed by atoms with Gasteiger partial charge in [-0.25, -0.2) is 0 Å². The van der Waals surface area contributed by atoms with Crippen molar-refractivity contribution in [3.63, 3.8) is 0 Å². The zero-order valence-electron chi connectivity index (χ0n) is 13.1. The molecule has 0 aliphatic rings. The van der Waals surface area contributed by atoms with E-state index in [1.807, 2.05) is 23.7 Å². The number of carbonyl (C=O) groups is 1. The van der Waals surface area contributed by atoms with Gasteiger partial charge < -0.3 is 9.88 Å². The van der Waals surface area contributed by atoms with E-state index in [1.165, 1.54) is 11.8 Å². The molecule has 0 aliphatic heterocycles. The highest BCUT2D eigenvalue weighted by molar-refractivity contribution is 7.99. The van der Waals surface area contributed by atoms with Crippen molar-refractivity contribution in [2.75, 3.05) is 11.1 Å². The Bertz CT molecular complexity index is 881. The molecule has 0 saturated carbocycles. The highest BCUT2D eigenvalue weighted by Gasteiger charge is 2.13. The van der Waals surface area contributed by atoms with E-state index < -0.39 is 0 Å². The highest BCUT2D eigenvalue weighted by Crippen LogP contribution is 2.24. The molecule has 0 aliphatic carbocycles. The van der Waals surface area contributed by atoms with Crippen LogP contribution in [-0.2, 0) is 11.8 Å². The van der Waals surface area contributed by atoms with E-state index in [0.29, 0.717) is 26.7 Å². The number of nitrogens with zero attached hydrogens (tertiary/aromatic N) is 4. The van der Waals surface area contributed by atoms with Crippen LogP contribution in [0.4, 0.5) is 5.69 Å². The first-order chi connectivity index (χ1) is 12.0. The summed E-state index contributed by atoms with van der Waals surface area (Å²) in [6, 6.07) is 8.59. The molecule has 0 atom stereocenters. The molecule has 2 heterocycles. The van der Waals surface area contributed by atoms with Gasteiger partial charge in [-0.2, -0.15) is 0 Å². The molecule has 2 aromatic heterocycles. The maximum absolute atomic E-state index is 12.1. The fourth-order valence-electron chi connectivity index (χ4n) is 2.15. The minimum Gasteiger partial charge on any atom is -0.325 e. The van der Waals surface area contributed by atoms with Crippen LogP contribution in [0.15, 0.2) is 47.9 Å². The molecule has 0 spiro atoms. The quantitative estimate of drug-likeness (QED) is 0.665. The van der Waals surface area contributed by atoms with Gasteiger partial charge in [0.2, 0.25) is 5.91 Å². The van der Waals surface area contributed by atoms with E-state index in [-0.39, 0.29) is 11.7 Å². The third-order valence-corrected chi connectivity index (χ3v) is 4.71. The number of hydrogen-bond donors (Lipinski definition) is 1. The Balaban J connectivity index is 1.64. The van der Waals surface area contributed by atoms with Crippen LogP contribution in [0.3, 0.4) is 0 Å². The molecule has 0 unspecified atom stereocenters. The van der Waals surface area contributed by atoms with Gasteiger partial charge in [-0.15, -0.1) is 10.2 Å². The fourth-order valence-corrected chi connectivity index (χ4v) is 3.38. The summed E-state index contributed by atoms with van der Waals surface area (Å²) in [7, 11) is 1.85. The maximum atomic E-state index is 12.1. The van der Waals surface area contributed by atoms with Gasteiger partial charge in [-0.3, -0.25) is 9.78 Å². The molecule has 6 nitrogen and oxygen atoms in total. The number of amides is 1. The lowest BCUT2D eigenvalue weighted by Crippen LogP contribution is -2.14. The summed E-state index contributed by atoms with van der Waals surface area (Å²) >= 11 is 13.1. The average molecular weight is 394 g/mol. The van der Waals surface area contributed by atoms with Gasteiger partial charge in [0.15, 0.2) is 11.0 Å². The second kappa shape index (κ2) is 7.86. The molecule has 3 aromatic rings. The van der Waals surface area contributed by atoms with Crippen molar-refractivity contribution in [1.82, 2.24) is 19.7 Å². The molecular weight excluding hydrogens is 381 g/mol. The van der Waals surface area contributed by atoms with Crippen molar-refractivity contribution in [1.29, 1.82) is 0 Å². The summed E-state index contributed by atoms with van der Waals surface area (Å²) in [5.74, 6) is 0.718. The third kappa shape index (κ3) is 4.50. The Morgan fingerprint density at radius 2 is 1.84 bits per heavy atom. The zero-order chi connectivity index (χ0) is 17.8. The number of halogens is 2. The van der Waals surface area contributed by atoms with Crippen molar-refractivity contribution >= 4 is 46.6 Å². The molecular formula is C16H13Cl2N5OS. The molecule has 0 fully saturated rings. The van der Waals surface area contributed by atoms with Gasteiger partial charge >= 0.3 is 0 Å². The van der Waals surface area contributed by atoms with Gasteiger partial charge in [-0.05, 0) is 30.3 Å². The number of aromatic nitrogens is 4. The topological polar surface area (TPSA) is 72.7 Å². The van der Waals surface area contributed by atoms with Gasteiger partial charge in [-0.1, -0.05) is 35.0 Å².